The van der Waals surface area contributed by atoms with Crippen LogP contribution in [0.2, 0.25) is 0 Å². The SMILES string of the molecule is CCOC(=O)C1=C(N)Oc2ccc(Br)cc2C1[C@@H](C#N)C(=O)OCC. The fourth-order valence-corrected chi connectivity index (χ4v) is 2.99. The lowest BCUT2D eigenvalue weighted by Gasteiger charge is -2.30. The number of nitriles is 1. The van der Waals surface area contributed by atoms with Crippen molar-refractivity contribution in [1.29, 1.82) is 5.26 Å². The molecule has 2 N–H and O–H groups in total. The van der Waals surface area contributed by atoms with Crippen molar-refractivity contribution in [3.63, 3.8) is 0 Å². The van der Waals surface area contributed by atoms with E-state index in [1.165, 1.54) is 0 Å². The Morgan fingerprint density at radius 2 is 2.04 bits per heavy atom. The van der Waals surface area contributed by atoms with E-state index >= 15 is 0 Å². The highest BCUT2D eigenvalue weighted by Crippen LogP contribution is 2.44. The minimum atomic E-state index is -1.27. The normalized spacial score (nSPS) is 17.0. The summed E-state index contributed by atoms with van der Waals surface area (Å²) in [5.74, 6) is -3.53. The molecule has 0 bridgehead atoms. The van der Waals surface area contributed by atoms with Crippen molar-refractivity contribution in [3.05, 3.63) is 39.7 Å². The van der Waals surface area contributed by atoms with Gasteiger partial charge in [-0.15, -0.1) is 0 Å². The maximum absolute atomic E-state index is 12.4. The Bertz CT molecular complexity index is 769. The topological polar surface area (TPSA) is 112 Å². The number of ether oxygens (including phenoxy) is 3. The van der Waals surface area contributed by atoms with Crippen LogP contribution in [-0.4, -0.2) is 25.2 Å². The van der Waals surface area contributed by atoms with Crippen LogP contribution in [0.4, 0.5) is 0 Å². The Hall–Kier alpha value is -2.53. The Morgan fingerprint density at radius 1 is 1.36 bits per heavy atom. The first-order valence-electron chi connectivity index (χ1n) is 7.64. The molecule has 7 nitrogen and oxygen atoms in total. The van der Waals surface area contributed by atoms with Crippen LogP contribution >= 0.6 is 15.9 Å². The minimum Gasteiger partial charge on any atom is -0.465 e. The average Bonchev–Trinajstić information content (AvgIpc) is 2.56. The third-order valence-electron chi connectivity index (χ3n) is 3.61. The van der Waals surface area contributed by atoms with Crippen molar-refractivity contribution >= 4 is 27.9 Å². The van der Waals surface area contributed by atoms with Crippen molar-refractivity contribution < 1.29 is 23.8 Å². The second kappa shape index (κ2) is 8.03. The smallest absolute Gasteiger partial charge is 0.340 e. The first-order chi connectivity index (χ1) is 11.9. The predicted molar refractivity (Wildman–Crippen MR) is 91.1 cm³/mol. The Morgan fingerprint density at radius 3 is 2.64 bits per heavy atom. The number of benzene rings is 1. The Labute approximate surface area is 153 Å². The molecule has 2 rings (SSSR count). The molecule has 1 unspecified atom stereocenters. The Balaban J connectivity index is 2.63. The molecule has 1 aliphatic heterocycles. The molecule has 2 atom stereocenters. The van der Waals surface area contributed by atoms with Crippen LogP contribution in [0, 0.1) is 17.2 Å². The number of carbonyl (C=O) groups excluding carboxylic acids is 2. The quantitative estimate of drug-likeness (QED) is 0.743. The van der Waals surface area contributed by atoms with Crippen molar-refractivity contribution in [2.45, 2.75) is 19.8 Å². The predicted octanol–water partition coefficient (Wildman–Crippen LogP) is 2.36. The standard InChI is InChI=1S/C17H17BrN2O5/c1-3-23-16(21)11(8-19)13-10-7-9(18)5-6-12(10)25-15(20)14(13)17(22)24-4-2/h5-7,11,13H,3-4,20H2,1-2H3/t11-,13?/m1/s1. The lowest BCUT2D eigenvalue weighted by Crippen LogP contribution is -2.33. The van der Waals surface area contributed by atoms with Gasteiger partial charge in [-0.1, -0.05) is 15.9 Å². The van der Waals surface area contributed by atoms with Crippen LogP contribution in [0.15, 0.2) is 34.1 Å². The van der Waals surface area contributed by atoms with Gasteiger partial charge in [-0.25, -0.2) is 4.79 Å². The molecule has 0 saturated heterocycles. The first-order valence-corrected chi connectivity index (χ1v) is 8.44. The van der Waals surface area contributed by atoms with Crippen LogP contribution in [0.25, 0.3) is 0 Å². The van der Waals surface area contributed by atoms with E-state index in [0.29, 0.717) is 15.8 Å². The maximum atomic E-state index is 12.4. The highest BCUT2D eigenvalue weighted by Gasteiger charge is 2.43. The summed E-state index contributed by atoms with van der Waals surface area (Å²) in [6.45, 7) is 3.51. The van der Waals surface area contributed by atoms with Crippen LogP contribution in [0.3, 0.4) is 0 Å². The van der Waals surface area contributed by atoms with Gasteiger partial charge in [-0.2, -0.15) is 5.26 Å². The molecule has 1 aromatic carbocycles. The molecular weight excluding hydrogens is 392 g/mol. The molecule has 8 heteroatoms. The van der Waals surface area contributed by atoms with E-state index in [2.05, 4.69) is 15.9 Å². The monoisotopic (exact) mass is 408 g/mol. The summed E-state index contributed by atoms with van der Waals surface area (Å²) in [5, 5.41) is 9.57. The number of nitrogens with two attached hydrogens (primary N) is 1. The van der Waals surface area contributed by atoms with Gasteiger partial charge >= 0.3 is 11.9 Å². The number of rotatable bonds is 5. The second-order valence-electron chi connectivity index (χ2n) is 5.12. The Kier molecular flexibility index (Phi) is 6.04. The van der Waals surface area contributed by atoms with Crippen LogP contribution in [0.5, 0.6) is 5.75 Å². The number of carbonyl (C=O) groups is 2. The average molecular weight is 409 g/mol. The minimum absolute atomic E-state index is 0.0629. The highest BCUT2D eigenvalue weighted by molar-refractivity contribution is 9.10. The molecule has 0 radical (unpaired) electrons. The molecule has 1 aliphatic rings. The number of hydrogen-bond donors (Lipinski definition) is 1. The molecule has 1 heterocycles. The summed E-state index contributed by atoms with van der Waals surface area (Å²) in [6, 6.07) is 6.96. The maximum Gasteiger partial charge on any atom is 0.340 e. The second-order valence-corrected chi connectivity index (χ2v) is 6.03. The van der Waals surface area contributed by atoms with Crippen LogP contribution in [0.1, 0.15) is 25.3 Å². The third kappa shape index (κ3) is 3.77. The van der Waals surface area contributed by atoms with E-state index < -0.39 is 23.8 Å². The van der Waals surface area contributed by atoms with Gasteiger partial charge in [0.05, 0.1) is 25.2 Å². The van der Waals surface area contributed by atoms with E-state index in [4.69, 9.17) is 19.9 Å². The van der Waals surface area contributed by atoms with Gasteiger partial charge in [0.1, 0.15) is 11.3 Å². The molecule has 25 heavy (non-hydrogen) atoms. The van der Waals surface area contributed by atoms with E-state index in [1.54, 1.807) is 32.0 Å². The molecule has 132 valence electrons. The zero-order valence-corrected chi connectivity index (χ0v) is 15.3. The van der Waals surface area contributed by atoms with Crippen molar-refractivity contribution in [2.75, 3.05) is 13.2 Å². The number of esters is 2. The molecule has 0 fully saturated rings. The lowest BCUT2D eigenvalue weighted by molar-refractivity contribution is -0.146. The van der Waals surface area contributed by atoms with Gasteiger partial charge in [0.25, 0.3) is 0 Å². The zero-order valence-electron chi connectivity index (χ0n) is 13.7. The molecular formula is C17H17BrN2O5. The largest absolute Gasteiger partial charge is 0.465 e. The molecule has 0 aliphatic carbocycles. The van der Waals surface area contributed by atoms with Crippen LogP contribution < -0.4 is 10.5 Å². The summed E-state index contributed by atoms with van der Waals surface area (Å²) >= 11 is 3.34. The molecule has 0 spiro atoms. The van der Waals surface area contributed by atoms with Gasteiger partial charge in [0.15, 0.2) is 5.92 Å². The van der Waals surface area contributed by atoms with Gasteiger partial charge < -0.3 is 19.9 Å². The molecule has 1 aromatic rings. The van der Waals surface area contributed by atoms with Gasteiger partial charge in [0.2, 0.25) is 5.88 Å². The van der Waals surface area contributed by atoms with Crippen molar-refractivity contribution in [1.82, 2.24) is 0 Å². The summed E-state index contributed by atoms with van der Waals surface area (Å²) < 4.78 is 16.2. The van der Waals surface area contributed by atoms with Crippen molar-refractivity contribution in [3.8, 4) is 11.8 Å². The highest BCUT2D eigenvalue weighted by atomic mass is 79.9. The van der Waals surface area contributed by atoms with Gasteiger partial charge in [0, 0.05) is 10.0 Å². The van der Waals surface area contributed by atoms with E-state index in [0.717, 1.165) is 0 Å². The first kappa shape index (κ1) is 18.8. The van der Waals surface area contributed by atoms with Crippen molar-refractivity contribution in [2.24, 2.45) is 11.7 Å². The van der Waals surface area contributed by atoms with Crippen LogP contribution in [-0.2, 0) is 19.1 Å². The van der Waals surface area contributed by atoms with Gasteiger partial charge in [-0.05, 0) is 32.0 Å². The number of nitrogens with zero attached hydrogens (tertiary/aromatic N) is 1. The summed E-state index contributed by atoms with van der Waals surface area (Å²) in [6.07, 6.45) is 0. The van der Waals surface area contributed by atoms with E-state index in [9.17, 15) is 14.9 Å². The summed E-state index contributed by atoms with van der Waals surface area (Å²) in [7, 11) is 0. The van der Waals surface area contributed by atoms with E-state index in [1.807, 2.05) is 6.07 Å². The number of halogens is 1. The number of hydrogen-bond acceptors (Lipinski definition) is 7. The zero-order chi connectivity index (χ0) is 18.6. The third-order valence-corrected chi connectivity index (χ3v) is 4.10. The molecule has 0 saturated carbocycles. The fraction of sp³-hybridized carbons (Fsp3) is 0.353. The van der Waals surface area contributed by atoms with Gasteiger partial charge in [-0.3, -0.25) is 4.79 Å². The lowest BCUT2D eigenvalue weighted by atomic mass is 9.79. The van der Waals surface area contributed by atoms with E-state index in [-0.39, 0.29) is 24.7 Å². The number of fused-ring (bicyclic) bond motifs is 1. The molecule has 0 aromatic heterocycles. The summed E-state index contributed by atoms with van der Waals surface area (Å²) in [5.41, 5.74) is 6.32. The molecule has 0 amide bonds. The summed E-state index contributed by atoms with van der Waals surface area (Å²) in [4.78, 5) is 24.7. The fourth-order valence-electron chi connectivity index (χ4n) is 2.62.